The van der Waals surface area contributed by atoms with Gasteiger partial charge in [0.2, 0.25) is 0 Å². The maximum Gasteiger partial charge on any atom is 0.172 e. The Bertz CT molecular complexity index is 1280. The fourth-order valence-electron chi connectivity index (χ4n) is 3.28. The molecule has 0 aliphatic rings. The zero-order valence-corrected chi connectivity index (χ0v) is 19.9. The molecule has 0 spiro atoms. The van der Waals surface area contributed by atoms with Crippen LogP contribution in [0.3, 0.4) is 0 Å². The molecule has 31 heavy (non-hydrogen) atoms. The van der Waals surface area contributed by atoms with Crippen LogP contribution in [0.2, 0.25) is 0 Å². The minimum atomic E-state index is 0.237. The minimum Gasteiger partial charge on any atom is -0.293 e. The van der Waals surface area contributed by atoms with Crippen molar-refractivity contribution in [3.8, 4) is 20.2 Å². The van der Waals surface area contributed by atoms with E-state index in [0.717, 1.165) is 26.9 Å². The molecule has 0 aliphatic heterocycles. The second-order valence-electron chi connectivity index (χ2n) is 7.02. The molecule has 0 N–H and O–H groups in total. The van der Waals surface area contributed by atoms with E-state index in [9.17, 15) is 4.79 Å². The first-order valence-electron chi connectivity index (χ1n) is 10.0. The van der Waals surface area contributed by atoms with Crippen molar-refractivity contribution in [3.05, 3.63) is 83.7 Å². The van der Waals surface area contributed by atoms with Gasteiger partial charge in [-0.05, 0) is 48.4 Å². The molecule has 5 aromatic rings. The lowest BCUT2D eigenvalue weighted by Gasteiger charge is -1.98. The maximum absolute atomic E-state index is 12.7. The second-order valence-corrected chi connectivity index (χ2v) is 11.6. The molecule has 0 amide bonds. The summed E-state index contributed by atoms with van der Waals surface area (Å²) < 4.78 is 2.30. The SMILES string of the molecule is O=C(CCCSc1nc2ccccc2s1)c1ccc(-c2ccc(-c3ccccc3)s2)s1. The quantitative estimate of drug-likeness (QED) is 0.127. The van der Waals surface area contributed by atoms with Gasteiger partial charge >= 0.3 is 0 Å². The molecule has 0 fully saturated rings. The number of fused-ring (bicyclic) bond motifs is 1. The summed E-state index contributed by atoms with van der Waals surface area (Å²) in [6.45, 7) is 0. The van der Waals surface area contributed by atoms with E-state index < -0.39 is 0 Å². The summed E-state index contributed by atoms with van der Waals surface area (Å²) in [5.74, 6) is 1.15. The van der Waals surface area contributed by atoms with Gasteiger partial charge in [-0.1, -0.05) is 54.2 Å². The number of rotatable bonds is 8. The molecule has 3 aromatic heterocycles. The smallest absolute Gasteiger partial charge is 0.172 e. The highest BCUT2D eigenvalue weighted by Crippen LogP contribution is 2.38. The molecular formula is C25H19NOS4. The molecule has 6 heteroatoms. The summed E-state index contributed by atoms with van der Waals surface area (Å²) in [6.07, 6.45) is 1.45. The molecule has 3 heterocycles. The fourth-order valence-corrected chi connectivity index (χ4v) is 7.43. The van der Waals surface area contributed by atoms with Gasteiger partial charge in [-0.25, -0.2) is 4.98 Å². The Hall–Kier alpha value is -2.25. The number of carbonyl (C=O) groups excluding carboxylic acids is 1. The van der Waals surface area contributed by atoms with E-state index in [1.165, 1.54) is 24.9 Å². The summed E-state index contributed by atoms with van der Waals surface area (Å²) in [5.41, 5.74) is 2.29. The van der Waals surface area contributed by atoms with Crippen molar-refractivity contribution in [3.63, 3.8) is 0 Å². The Morgan fingerprint density at radius 3 is 2.39 bits per heavy atom. The highest BCUT2D eigenvalue weighted by atomic mass is 32.2. The van der Waals surface area contributed by atoms with Crippen molar-refractivity contribution in [1.82, 2.24) is 4.98 Å². The van der Waals surface area contributed by atoms with Crippen molar-refractivity contribution >= 4 is 61.8 Å². The average Bonchev–Trinajstić information content (AvgIpc) is 3.56. The molecule has 2 aromatic carbocycles. The average molecular weight is 478 g/mol. The van der Waals surface area contributed by atoms with E-state index >= 15 is 0 Å². The molecule has 0 unspecified atom stereocenters. The summed E-state index contributed by atoms with van der Waals surface area (Å²) >= 11 is 6.85. The predicted octanol–water partition coefficient (Wildman–Crippen LogP) is 8.51. The van der Waals surface area contributed by atoms with Gasteiger partial charge < -0.3 is 0 Å². The highest BCUT2D eigenvalue weighted by Gasteiger charge is 2.13. The van der Waals surface area contributed by atoms with Crippen LogP contribution in [0, 0.1) is 0 Å². The molecule has 154 valence electrons. The number of aromatic nitrogens is 1. The standard InChI is InChI=1S/C25H19NOS4/c27-19(10-6-16-28-25-26-18-9-4-5-11-21(18)31-25)22-13-15-24(30-22)23-14-12-20(29-23)17-7-2-1-3-8-17/h1-5,7-9,11-15H,6,10,16H2. The molecule has 2 nitrogen and oxygen atoms in total. The van der Waals surface area contributed by atoms with E-state index in [-0.39, 0.29) is 5.78 Å². The Kier molecular flexibility index (Phi) is 6.32. The third-order valence-corrected chi connectivity index (χ3v) is 9.56. The number of thioether (sulfide) groups is 1. The number of carbonyl (C=O) groups is 1. The van der Waals surface area contributed by atoms with Crippen LogP contribution < -0.4 is 0 Å². The number of nitrogens with zero attached hydrogens (tertiary/aromatic N) is 1. The van der Waals surface area contributed by atoms with E-state index in [2.05, 4.69) is 53.5 Å². The van der Waals surface area contributed by atoms with Crippen LogP contribution in [0.25, 0.3) is 30.4 Å². The fraction of sp³-hybridized carbons (Fsp3) is 0.120. The van der Waals surface area contributed by atoms with Gasteiger partial charge in [-0.3, -0.25) is 4.79 Å². The molecule has 0 saturated carbocycles. The Morgan fingerprint density at radius 2 is 1.52 bits per heavy atom. The summed E-state index contributed by atoms with van der Waals surface area (Å²) in [7, 11) is 0. The normalized spacial score (nSPS) is 11.2. The Morgan fingerprint density at radius 1 is 0.774 bits per heavy atom. The highest BCUT2D eigenvalue weighted by molar-refractivity contribution is 8.01. The number of thiophene rings is 2. The summed E-state index contributed by atoms with van der Waals surface area (Å²) in [4.78, 5) is 21.8. The third kappa shape index (κ3) is 4.83. The third-order valence-electron chi connectivity index (χ3n) is 4.84. The van der Waals surface area contributed by atoms with E-state index in [0.29, 0.717) is 6.42 Å². The lowest BCUT2D eigenvalue weighted by Crippen LogP contribution is -1.96. The monoisotopic (exact) mass is 477 g/mol. The molecule has 0 atom stereocenters. The molecular weight excluding hydrogens is 459 g/mol. The van der Waals surface area contributed by atoms with E-state index in [4.69, 9.17) is 0 Å². The molecule has 0 bridgehead atoms. The van der Waals surface area contributed by atoms with Gasteiger partial charge in [-0.15, -0.1) is 34.0 Å². The van der Waals surface area contributed by atoms with Crippen molar-refractivity contribution < 1.29 is 4.79 Å². The maximum atomic E-state index is 12.7. The van der Waals surface area contributed by atoms with Crippen LogP contribution >= 0.6 is 45.8 Å². The van der Waals surface area contributed by atoms with Crippen molar-refractivity contribution in [1.29, 1.82) is 0 Å². The first-order chi connectivity index (χ1) is 15.3. The van der Waals surface area contributed by atoms with Crippen LogP contribution in [0.1, 0.15) is 22.5 Å². The van der Waals surface area contributed by atoms with Gasteiger partial charge in [0, 0.05) is 26.8 Å². The van der Waals surface area contributed by atoms with Gasteiger partial charge in [0.25, 0.3) is 0 Å². The van der Waals surface area contributed by atoms with Gasteiger partial charge in [0.15, 0.2) is 10.1 Å². The predicted molar refractivity (Wildman–Crippen MR) is 137 cm³/mol. The largest absolute Gasteiger partial charge is 0.293 e. The van der Waals surface area contributed by atoms with Gasteiger partial charge in [-0.2, -0.15) is 0 Å². The molecule has 0 aliphatic carbocycles. The number of Topliss-reactive ketones (excluding diaryl/α,β-unsaturated/α-hetero) is 1. The van der Waals surface area contributed by atoms with Crippen LogP contribution in [0.4, 0.5) is 0 Å². The zero-order chi connectivity index (χ0) is 21.0. The number of hydrogen-bond acceptors (Lipinski definition) is 6. The number of thiazole rings is 1. The first-order valence-corrected chi connectivity index (χ1v) is 13.5. The van der Waals surface area contributed by atoms with E-state index in [1.807, 2.05) is 30.3 Å². The van der Waals surface area contributed by atoms with Gasteiger partial charge in [0.1, 0.15) is 0 Å². The molecule has 0 radical (unpaired) electrons. The van der Waals surface area contributed by atoms with Crippen LogP contribution in [0.5, 0.6) is 0 Å². The van der Waals surface area contributed by atoms with Crippen molar-refractivity contribution in [2.45, 2.75) is 17.2 Å². The van der Waals surface area contributed by atoms with E-state index in [1.54, 1.807) is 45.8 Å². The number of ketones is 1. The number of benzene rings is 2. The zero-order valence-electron chi connectivity index (χ0n) is 16.6. The Balaban J connectivity index is 1.16. The molecule has 0 saturated heterocycles. The lowest BCUT2D eigenvalue weighted by molar-refractivity contribution is 0.0986. The second kappa shape index (κ2) is 9.49. The van der Waals surface area contributed by atoms with Crippen LogP contribution in [-0.4, -0.2) is 16.5 Å². The topological polar surface area (TPSA) is 30.0 Å². The lowest BCUT2D eigenvalue weighted by atomic mass is 10.2. The van der Waals surface area contributed by atoms with Crippen molar-refractivity contribution in [2.75, 3.05) is 5.75 Å². The number of hydrogen-bond donors (Lipinski definition) is 0. The van der Waals surface area contributed by atoms with Gasteiger partial charge in [0.05, 0.1) is 15.1 Å². The summed E-state index contributed by atoms with van der Waals surface area (Å²) in [6, 6.07) is 27.0. The van der Waals surface area contributed by atoms with Crippen molar-refractivity contribution in [2.24, 2.45) is 0 Å². The minimum absolute atomic E-state index is 0.237. The van der Waals surface area contributed by atoms with Crippen LogP contribution in [-0.2, 0) is 0 Å². The summed E-state index contributed by atoms with van der Waals surface area (Å²) in [5, 5.41) is 0. The Labute approximate surface area is 197 Å². The number of para-hydroxylation sites is 1. The molecule has 5 rings (SSSR count). The van der Waals surface area contributed by atoms with Crippen LogP contribution in [0.15, 0.2) is 83.2 Å². The first kappa shape index (κ1) is 20.6.